The molecule has 2 heteroatoms. The minimum atomic E-state index is 0.452. The second kappa shape index (κ2) is 11.6. The van der Waals surface area contributed by atoms with Crippen molar-refractivity contribution in [2.45, 2.75) is 97.1 Å². The van der Waals surface area contributed by atoms with Crippen LogP contribution >= 0.6 is 0 Å². The Balaban J connectivity index is 2.07. The van der Waals surface area contributed by atoms with Crippen molar-refractivity contribution in [1.82, 2.24) is 5.32 Å². The van der Waals surface area contributed by atoms with Crippen LogP contribution in [-0.4, -0.2) is 25.3 Å². The van der Waals surface area contributed by atoms with Crippen LogP contribution in [0, 0.1) is 5.92 Å². The summed E-state index contributed by atoms with van der Waals surface area (Å²) in [4.78, 5) is 0. The third-order valence-corrected chi connectivity index (χ3v) is 4.79. The molecule has 0 saturated carbocycles. The molecule has 0 amide bonds. The summed E-state index contributed by atoms with van der Waals surface area (Å²) in [5, 5.41) is 3.69. The summed E-state index contributed by atoms with van der Waals surface area (Å²) in [6.07, 6.45) is 14.4. The molecule has 1 heterocycles. The van der Waals surface area contributed by atoms with Crippen molar-refractivity contribution in [3.8, 4) is 0 Å². The maximum atomic E-state index is 5.74. The van der Waals surface area contributed by atoms with E-state index in [0.717, 1.165) is 19.1 Å². The maximum Gasteiger partial charge on any atom is 0.0590 e. The predicted molar refractivity (Wildman–Crippen MR) is 88.2 cm³/mol. The topological polar surface area (TPSA) is 21.3 Å². The Morgan fingerprint density at radius 3 is 2.20 bits per heavy atom. The van der Waals surface area contributed by atoms with Gasteiger partial charge in [-0.2, -0.15) is 0 Å². The number of unbranched alkanes of at least 4 members (excludes halogenated alkanes) is 7. The standard InChI is InChI=1S/C18H37NO/c1-4-6-7-8-9-10-11-12-13-18(19-5-2)17-14-15-20-16(17)3/h16-19H,4-15H2,1-3H3. The molecule has 0 aromatic heterocycles. The minimum absolute atomic E-state index is 0.452. The van der Waals surface area contributed by atoms with Gasteiger partial charge in [-0.1, -0.05) is 65.2 Å². The lowest BCUT2D eigenvalue weighted by Crippen LogP contribution is -2.39. The van der Waals surface area contributed by atoms with E-state index in [1.54, 1.807) is 0 Å². The zero-order chi connectivity index (χ0) is 14.6. The van der Waals surface area contributed by atoms with Gasteiger partial charge in [0.15, 0.2) is 0 Å². The highest BCUT2D eigenvalue weighted by Gasteiger charge is 2.30. The molecule has 120 valence electrons. The molecule has 0 aromatic rings. The van der Waals surface area contributed by atoms with Gasteiger partial charge in [0.2, 0.25) is 0 Å². The van der Waals surface area contributed by atoms with Gasteiger partial charge in [0.05, 0.1) is 6.10 Å². The molecule has 2 nitrogen and oxygen atoms in total. The quantitative estimate of drug-likeness (QED) is 0.513. The van der Waals surface area contributed by atoms with Gasteiger partial charge < -0.3 is 10.1 Å². The molecular formula is C18H37NO. The lowest BCUT2D eigenvalue weighted by atomic mass is 9.89. The van der Waals surface area contributed by atoms with E-state index in [1.165, 1.54) is 64.2 Å². The van der Waals surface area contributed by atoms with Crippen LogP contribution in [0.1, 0.15) is 85.0 Å². The minimum Gasteiger partial charge on any atom is -0.378 e. The fraction of sp³-hybridized carbons (Fsp3) is 1.00. The van der Waals surface area contributed by atoms with Gasteiger partial charge in [0.1, 0.15) is 0 Å². The molecule has 0 aliphatic carbocycles. The zero-order valence-corrected chi connectivity index (χ0v) is 14.1. The van der Waals surface area contributed by atoms with Gasteiger partial charge in [-0.3, -0.25) is 0 Å². The molecule has 0 aromatic carbocycles. The second-order valence-electron chi connectivity index (χ2n) is 6.46. The molecule has 0 radical (unpaired) electrons. The van der Waals surface area contributed by atoms with Crippen LogP contribution < -0.4 is 5.32 Å². The largest absolute Gasteiger partial charge is 0.378 e. The summed E-state index contributed by atoms with van der Waals surface area (Å²) in [7, 11) is 0. The van der Waals surface area contributed by atoms with Gasteiger partial charge in [0.25, 0.3) is 0 Å². The Bertz CT molecular complexity index is 219. The van der Waals surface area contributed by atoms with Crippen molar-refractivity contribution in [3.63, 3.8) is 0 Å². The van der Waals surface area contributed by atoms with Gasteiger partial charge in [-0.05, 0) is 26.3 Å². The van der Waals surface area contributed by atoms with Gasteiger partial charge >= 0.3 is 0 Å². The maximum absolute atomic E-state index is 5.74. The first-order valence-electron chi connectivity index (χ1n) is 9.14. The van der Waals surface area contributed by atoms with Crippen LogP contribution in [0.3, 0.4) is 0 Å². The van der Waals surface area contributed by atoms with Crippen molar-refractivity contribution in [1.29, 1.82) is 0 Å². The van der Waals surface area contributed by atoms with Crippen LogP contribution in [0.5, 0.6) is 0 Å². The molecule has 1 rings (SSSR count). The summed E-state index contributed by atoms with van der Waals surface area (Å²) >= 11 is 0. The highest BCUT2D eigenvalue weighted by molar-refractivity contribution is 4.84. The number of nitrogens with one attached hydrogen (secondary N) is 1. The Morgan fingerprint density at radius 2 is 1.65 bits per heavy atom. The van der Waals surface area contributed by atoms with Crippen molar-refractivity contribution >= 4 is 0 Å². The van der Waals surface area contributed by atoms with E-state index in [2.05, 4.69) is 26.1 Å². The number of hydrogen-bond donors (Lipinski definition) is 1. The third kappa shape index (κ3) is 7.08. The molecule has 3 atom stereocenters. The Morgan fingerprint density at radius 1 is 1.00 bits per heavy atom. The van der Waals surface area contributed by atoms with E-state index >= 15 is 0 Å². The van der Waals surface area contributed by atoms with Crippen molar-refractivity contribution in [2.24, 2.45) is 5.92 Å². The SMILES string of the molecule is CCCCCCCCCCC(NCC)C1CCOC1C. The monoisotopic (exact) mass is 283 g/mol. The highest BCUT2D eigenvalue weighted by Crippen LogP contribution is 2.26. The third-order valence-electron chi connectivity index (χ3n) is 4.79. The fourth-order valence-electron chi connectivity index (χ4n) is 3.50. The molecule has 1 saturated heterocycles. The Labute approximate surface area is 127 Å². The van der Waals surface area contributed by atoms with Crippen LogP contribution in [-0.2, 0) is 4.74 Å². The molecule has 1 N–H and O–H groups in total. The highest BCUT2D eigenvalue weighted by atomic mass is 16.5. The summed E-state index contributed by atoms with van der Waals surface area (Å²) < 4.78 is 5.74. The first kappa shape index (κ1) is 18.0. The summed E-state index contributed by atoms with van der Waals surface area (Å²) in [5.74, 6) is 0.736. The van der Waals surface area contributed by atoms with E-state index in [9.17, 15) is 0 Å². The van der Waals surface area contributed by atoms with Crippen LogP contribution in [0.15, 0.2) is 0 Å². The summed E-state index contributed by atoms with van der Waals surface area (Å²) in [5.41, 5.74) is 0. The summed E-state index contributed by atoms with van der Waals surface area (Å²) in [6, 6.07) is 0.678. The Hall–Kier alpha value is -0.0800. The van der Waals surface area contributed by atoms with Gasteiger partial charge in [-0.25, -0.2) is 0 Å². The molecule has 0 bridgehead atoms. The lowest BCUT2D eigenvalue weighted by molar-refractivity contribution is 0.0941. The molecule has 1 aliphatic heterocycles. The average Bonchev–Trinajstić information content (AvgIpc) is 2.87. The van der Waals surface area contributed by atoms with Crippen molar-refractivity contribution < 1.29 is 4.74 Å². The van der Waals surface area contributed by atoms with E-state index in [-0.39, 0.29) is 0 Å². The van der Waals surface area contributed by atoms with Crippen molar-refractivity contribution in [3.05, 3.63) is 0 Å². The number of hydrogen-bond acceptors (Lipinski definition) is 2. The molecule has 3 unspecified atom stereocenters. The molecular weight excluding hydrogens is 246 g/mol. The van der Waals surface area contributed by atoms with Crippen molar-refractivity contribution in [2.75, 3.05) is 13.2 Å². The molecule has 1 aliphatic rings. The Kier molecular flexibility index (Phi) is 10.4. The number of ether oxygens (including phenoxy) is 1. The smallest absolute Gasteiger partial charge is 0.0590 e. The van der Waals surface area contributed by atoms with Crippen LogP contribution in [0.2, 0.25) is 0 Å². The average molecular weight is 284 g/mol. The fourth-order valence-corrected chi connectivity index (χ4v) is 3.50. The molecule has 20 heavy (non-hydrogen) atoms. The first-order chi connectivity index (χ1) is 9.79. The zero-order valence-electron chi connectivity index (χ0n) is 14.1. The lowest BCUT2D eigenvalue weighted by Gasteiger charge is -2.26. The number of rotatable bonds is 12. The molecule has 1 fully saturated rings. The van der Waals surface area contributed by atoms with Crippen LogP contribution in [0.4, 0.5) is 0 Å². The molecule has 0 spiro atoms. The van der Waals surface area contributed by atoms with E-state index < -0.39 is 0 Å². The van der Waals surface area contributed by atoms with Crippen LogP contribution in [0.25, 0.3) is 0 Å². The van der Waals surface area contributed by atoms with Gasteiger partial charge in [-0.15, -0.1) is 0 Å². The van der Waals surface area contributed by atoms with E-state index in [1.807, 2.05) is 0 Å². The van der Waals surface area contributed by atoms with E-state index in [0.29, 0.717) is 12.1 Å². The first-order valence-corrected chi connectivity index (χ1v) is 9.14. The van der Waals surface area contributed by atoms with Gasteiger partial charge in [0, 0.05) is 18.6 Å². The van der Waals surface area contributed by atoms with E-state index in [4.69, 9.17) is 4.74 Å². The normalized spacial score (nSPS) is 24.1. The second-order valence-corrected chi connectivity index (χ2v) is 6.46. The summed E-state index contributed by atoms with van der Waals surface area (Å²) in [6.45, 7) is 8.81. The predicted octanol–water partition coefficient (Wildman–Crippen LogP) is 4.92.